The van der Waals surface area contributed by atoms with Crippen LogP contribution in [0.5, 0.6) is 0 Å². The fraction of sp³-hybridized carbons (Fsp3) is 0. The summed E-state index contributed by atoms with van der Waals surface area (Å²) in [6.45, 7) is 0. The SMILES string of the molecule is c1ccc(-c2cccc(-n3c4ccccc4c4cc(-c5ccc6c(c5)c5ccccc5n6-c5ccc(-c6cc7ccc8ccccc8c7c7ccccc67)cc5)ccc43)c2)cc1.c1ccc(-c2cccc(-n3c4ccccc4c4cc(-c5ccc6c(c5)c5ccccc5n6-c5cccc(-c6cc7ccc8ccccc8c7c7ccccc67)c5)ccc43)c2)cc1. The van der Waals surface area contributed by atoms with Crippen molar-refractivity contribution in [1.29, 1.82) is 0 Å². The van der Waals surface area contributed by atoms with Crippen LogP contribution in [-0.4, -0.2) is 18.3 Å². The quantitative estimate of drug-likeness (QED) is 0.122. The van der Waals surface area contributed by atoms with Gasteiger partial charge in [0.05, 0.1) is 44.1 Å². The van der Waals surface area contributed by atoms with Crippen molar-refractivity contribution < 1.29 is 0 Å². The van der Waals surface area contributed by atoms with Crippen LogP contribution in [0.1, 0.15) is 0 Å². The van der Waals surface area contributed by atoms with Crippen LogP contribution in [0.15, 0.2) is 461 Å². The van der Waals surface area contributed by atoms with Crippen LogP contribution in [0.2, 0.25) is 0 Å². The molecule has 0 atom stereocenters. The Morgan fingerprint density at radius 3 is 0.750 bits per heavy atom. The van der Waals surface area contributed by atoms with Crippen molar-refractivity contribution >= 4 is 152 Å². The van der Waals surface area contributed by atoms with E-state index in [0.717, 1.165) is 22.7 Å². The summed E-state index contributed by atoms with van der Waals surface area (Å²) in [5.41, 5.74) is 28.8. The van der Waals surface area contributed by atoms with Gasteiger partial charge in [-0.05, 0) is 265 Å². The zero-order valence-electron chi connectivity index (χ0n) is 67.7. The second-order valence-corrected chi connectivity index (χ2v) is 33.0. The van der Waals surface area contributed by atoms with Gasteiger partial charge in [-0.2, -0.15) is 0 Å². The molecule has 0 N–H and O–H groups in total. The van der Waals surface area contributed by atoms with Gasteiger partial charge in [0.15, 0.2) is 0 Å². The van der Waals surface area contributed by atoms with Gasteiger partial charge in [-0.15, -0.1) is 0 Å². The van der Waals surface area contributed by atoms with Crippen LogP contribution >= 0.6 is 0 Å². The van der Waals surface area contributed by atoms with Gasteiger partial charge in [0, 0.05) is 65.8 Å². The number of aromatic nitrogens is 4. The Labute approximate surface area is 715 Å². The number of hydrogen-bond acceptors (Lipinski definition) is 0. The first-order chi connectivity index (χ1) is 61.5. The molecule has 576 valence electrons. The maximum absolute atomic E-state index is 2.44. The van der Waals surface area contributed by atoms with Crippen LogP contribution in [0.25, 0.3) is 241 Å². The molecule has 0 amide bonds. The lowest BCUT2D eigenvalue weighted by Gasteiger charge is -2.15. The van der Waals surface area contributed by atoms with Crippen molar-refractivity contribution in [2.45, 2.75) is 0 Å². The largest absolute Gasteiger partial charge is 0.309 e. The first-order valence-corrected chi connectivity index (χ1v) is 42.8. The minimum atomic E-state index is 1.15. The summed E-state index contributed by atoms with van der Waals surface area (Å²) in [5, 5.41) is 25.4. The Balaban J connectivity index is 0.000000136. The fourth-order valence-corrected chi connectivity index (χ4v) is 20.5. The molecule has 4 nitrogen and oxygen atoms in total. The Morgan fingerprint density at radius 2 is 0.371 bits per heavy atom. The molecule has 0 bridgehead atoms. The van der Waals surface area contributed by atoms with Gasteiger partial charge < -0.3 is 18.3 Å². The topological polar surface area (TPSA) is 19.7 Å². The highest BCUT2D eigenvalue weighted by molar-refractivity contribution is 6.25. The third-order valence-electron chi connectivity index (χ3n) is 26.1. The number of benzene rings is 22. The molecule has 0 aliphatic heterocycles. The minimum Gasteiger partial charge on any atom is -0.309 e. The number of para-hydroxylation sites is 4. The van der Waals surface area contributed by atoms with E-state index in [0.29, 0.717) is 0 Å². The Morgan fingerprint density at radius 1 is 0.113 bits per heavy atom. The molecule has 26 rings (SSSR count). The van der Waals surface area contributed by atoms with Crippen LogP contribution in [0.4, 0.5) is 0 Å². The maximum Gasteiger partial charge on any atom is 0.0541 e. The van der Waals surface area contributed by atoms with E-state index in [1.807, 2.05) is 0 Å². The van der Waals surface area contributed by atoms with Crippen LogP contribution in [0, 0.1) is 0 Å². The van der Waals surface area contributed by atoms with E-state index in [4.69, 9.17) is 0 Å². The molecule has 22 aromatic carbocycles. The van der Waals surface area contributed by atoms with Gasteiger partial charge in [0.1, 0.15) is 0 Å². The summed E-state index contributed by atoms with van der Waals surface area (Å²) >= 11 is 0. The number of rotatable bonds is 10. The summed E-state index contributed by atoms with van der Waals surface area (Å²) in [5.74, 6) is 0. The minimum absolute atomic E-state index is 1.15. The van der Waals surface area contributed by atoms with E-state index in [1.165, 1.54) is 219 Å². The molecule has 4 heterocycles. The van der Waals surface area contributed by atoms with Crippen LogP contribution in [-0.2, 0) is 0 Å². The molecule has 0 radical (unpaired) electrons. The zero-order chi connectivity index (χ0) is 81.5. The molecular weight excluding hydrogens is 1500 g/mol. The van der Waals surface area contributed by atoms with E-state index in [1.54, 1.807) is 0 Å². The van der Waals surface area contributed by atoms with Crippen molar-refractivity contribution in [3.05, 3.63) is 461 Å². The third-order valence-corrected chi connectivity index (χ3v) is 26.1. The number of nitrogens with zero attached hydrogens (tertiary/aromatic N) is 4. The van der Waals surface area contributed by atoms with Gasteiger partial charge in [-0.1, -0.05) is 328 Å². The maximum atomic E-state index is 2.44. The molecule has 0 unspecified atom stereocenters. The van der Waals surface area contributed by atoms with Crippen molar-refractivity contribution in [1.82, 2.24) is 18.3 Å². The van der Waals surface area contributed by atoms with Gasteiger partial charge in [0.2, 0.25) is 0 Å². The highest BCUT2D eigenvalue weighted by Crippen LogP contribution is 2.46. The van der Waals surface area contributed by atoms with Gasteiger partial charge >= 0.3 is 0 Å². The first-order valence-electron chi connectivity index (χ1n) is 42.8. The second kappa shape index (κ2) is 28.7. The van der Waals surface area contributed by atoms with Crippen LogP contribution < -0.4 is 0 Å². The molecule has 0 saturated carbocycles. The van der Waals surface area contributed by atoms with E-state index in [2.05, 4.69) is 479 Å². The normalized spacial score (nSPS) is 11.9. The molecule has 124 heavy (non-hydrogen) atoms. The average Bonchev–Trinajstić information content (AvgIpc) is 1.17. The molecule has 4 heteroatoms. The van der Waals surface area contributed by atoms with Crippen LogP contribution in [0.3, 0.4) is 0 Å². The van der Waals surface area contributed by atoms with E-state index in [-0.39, 0.29) is 0 Å². The standard InChI is InChI=1S/2C60H38N2/c1-2-14-39(15-3-1)41-17-12-19-46(34-41)61-56-26-10-8-23-50(56)54-36-42(30-32-58(54)61)43-31-33-59-55(37-43)51-24-9-11-27-57(51)62(59)47-20-13-18-44(35-47)53-38-45-29-28-40-16-4-5-21-48(40)60(45)52-25-7-6-22-49(52)53;1-2-13-39(14-3-1)42-16-12-17-47(35-42)62-57-24-11-9-21-51(57)55-37-44(30-34-59(55)62)43-29-33-58-54(36-43)50-20-8-10-23-56(50)61(58)46-31-27-41(28-32-46)53-38-45-26-25-40-15-4-5-18-48(40)60(45)52-22-7-6-19-49(52)53/h2*1-38H. The average molecular weight is 1570 g/mol. The number of hydrogen-bond donors (Lipinski definition) is 0. The molecule has 0 saturated heterocycles. The molecular formula is C120H76N4. The fourth-order valence-electron chi connectivity index (χ4n) is 20.5. The smallest absolute Gasteiger partial charge is 0.0541 e. The number of fused-ring (bicyclic) bond motifs is 22. The lowest BCUT2D eigenvalue weighted by Crippen LogP contribution is -1.95. The summed E-state index contributed by atoms with van der Waals surface area (Å²) in [4.78, 5) is 0. The molecule has 26 aromatic rings. The van der Waals surface area contributed by atoms with Crippen molar-refractivity contribution in [2.75, 3.05) is 0 Å². The Hall–Kier alpha value is -16.4. The molecule has 0 aliphatic carbocycles. The lowest BCUT2D eigenvalue weighted by atomic mass is 9.90. The Kier molecular flexibility index (Phi) is 16.3. The van der Waals surface area contributed by atoms with E-state index < -0.39 is 0 Å². The summed E-state index contributed by atoms with van der Waals surface area (Å²) in [6.07, 6.45) is 0. The van der Waals surface area contributed by atoms with Crippen molar-refractivity contribution in [3.8, 4) is 89.5 Å². The van der Waals surface area contributed by atoms with Gasteiger partial charge in [-0.3, -0.25) is 0 Å². The van der Waals surface area contributed by atoms with Crippen molar-refractivity contribution in [2.24, 2.45) is 0 Å². The monoisotopic (exact) mass is 1570 g/mol. The van der Waals surface area contributed by atoms with E-state index >= 15 is 0 Å². The van der Waals surface area contributed by atoms with Crippen molar-refractivity contribution in [3.63, 3.8) is 0 Å². The lowest BCUT2D eigenvalue weighted by molar-refractivity contribution is 1.18. The summed E-state index contributed by atoms with van der Waals surface area (Å²) in [7, 11) is 0. The third kappa shape index (κ3) is 11.5. The van der Waals surface area contributed by atoms with E-state index in [9.17, 15) is 0 Å². The van der Waals surface area contributed by atoms with Gasteiger partial charge in [0.25, 0.3) is 0 Å². The molecule has 4 aromatic heterocycles. The predicted molar refractivity (Wildman–Crippen MR) is 528 cm³/mol. The Bertz CT molecular complexity index is 8860. The molecule has 0 aliphatic rings. The van der Waals surface area contributed by atoms with Gasteiger partial charge in [-0.25, -0.2) is 0 Å². The first kappa shape index (κ1) is 70.6. The highest BCUT2D eigenvalue weighted by Gasteiger charge is 2.23. The molecule has 0 fully saturated rings. The second-order valence-electron chi connectivity index (χ2n) is 33.0. The highest BCUT2D eigenvalue weighted by atomic mass is 15.0. The predicted octanol–water partition coefficient (Wildman–Crippen LogP) is 32.7. The zero-order valence-corrected chi connectivity index (χ0v) is 67.7. The molecule has 0 spiro atoms. The summed E-state index contributed by atoms with van der Waals surface area (Å²) < 4.78 is 9.68. The summed E-state index contributed by atoms with van der Waals surface area (Å²) in [6, 6.07) is 169.